The van der Waals surface area contributed by atoms with E-state index in [2.05, 4.69) is 5.32 Å². The van der Waals surface area contributed by atoms with Crippen LogP contribution in [0.25, 0.3) is 11.1 Å². The van der Waals surface area contributed by atoms with Gasteiger partial charge < -0.3 is 27.0 Å². The summed E-state index contributed by atoms with van der Waals surface area (Å²) < 4.78 is 0. The Balaban J connectivity index is 2.01. The van der Waals surface area contributed by atoms with Crippen LogP contribution in [0.4, 0.5) is 17.1 Å². The Morgan fingerprint density at radius 1 is 0.920 bits per heavy atom. The first-order valence-electron chi connectivity index (χ1n) is 7.53. The molecule has 1 amide bonds. The smallest absolute Gasteiger partial charge is 0.249 e. The molecule has 0 aliphatic heterocycles. The third-order valence-corrected chi connectivity index (χ3v) is 3.81. The number of hydrogen-bond acceptors (Lipinski definition) is 5. The number of carbonyl (C=O) groups excluding carboxylic acids is 1. The van der Waals surface area contributed by atoms with Crippen LogP contribution in [0, 0.1) is 0 Å². The van der Waals surface area contributed by atoms with E-state index < -0.39 is 5.91 Å². The number of nitrogens with two attached hydrogens (primary N) is 2. The third kappa shape index (κ3) is 3.32. The molecule has 0 spiro atoms. The number of benzene rings is 3. The van der Waals surface area contributed by atoms with E-state index in [-0.39, 0.29) is 17.2 Å². The topological polar surface area (TPSA) is 122 Å². The van der Waals surface area contributed by atoms with Crippen molar-refractivity contribution in [3.8, 4) is 22.6 Å². The highest BCUT2D eigenvalue weighted by Crippen LogP contribution is 2.34. The van der Waals surface area contributed by atoms with Crippen LogP contribution in [-0.2, 0) is 0 Å². The van der Waals surface area contributed by atoms with Crippen molar-refractivity contribution in [1.82, 2.24) is 0 Å². The second-order valence-corrected chi connectivity index (χ2v) is 5.54. The van der Waals surface area contributed by atoms with Gasteiger partial charge in [-0.05, 0) is 41.5 Å². The van der Waals surface area contributed by atoms with Crippen LogP contribution in [0.3, 0.4) is 0 Å². The van der Waals surface area contributed by atoms with E-state index >= 15 is 0 Å². The Morgan fingerprint density at radius 3 is 2.40 bits per heavy atom. The molecule has 0 aromatic heterocycles. The average molecular weight is 335 g/mol. The van der Waals surface area contributed by atoms with Gasteiger partial charge >= 0.3 is 0 Å². The maximum absolute atomic E-state index is 11.6. The standard InChI is InChI=1S/C19H17N3O3/c20-15-7-6-12(10-18(15)24)22-16-9-11(5-8-17(16)23)13-3-1-2-4-14(13)19(21)25/h1-10,22-24H,20H2,(H2,21,25). The van der Waals surface area contributed by atoms with E-state index in [1.807, 2.05) is 0 Å². The normalized spacial score (nSPS) is 10.4. The lowest BCUT2D eigenvalue weighted by Gasteiger charge is -2.13. The monoisotopic (exact) mass is 335 g/mol. The number of carbonyl (C=O) groups is 1. The molecule has 0 aliphatic rings. The van der Waals surface area contributed by atoms with Gasteiger partial charge in [-0.15, -0.1) is 0 Å². The average Bonchev–Trinajstić information content (AvgIpc) is 2.60. The summed E-state index contributed by atoms with van der Waals surface area (Å²) in [5, 5.41) is 22.8. The zero-order chi connectivity index (χ0) is 18.0. The molecule has 0 radical (unpaired) electrons. The number of rotatable bonds is 4. The largest absolute Gasteiger partial charge is 0.506 e. The van der Waals surface area contributed by atoms with Crippen molar-refractivity contribution in [3.63, 3.8) is 0 Å². The Bertz CT molecular complexity index is 954. The van der Waals surface area contributed by atoms with Crippen LogP contribution in [-0.4, -0.2) is 16.1 Å². The number of aromatic hydroxyl groups is 2. The fourth-order valence-electron chi connectivity index (χ4n) is 2.53. The SMILES string of the molecule is NC(=O)c1ccccc1-c1ccc(O)c(Nc2ccc(N)c(O)c2)c1. The lowest BCUT2D eigenvalue weighted by Crippen LogP contribution is -2.12. The number of phenolic OH excluding ortho intramolecular Hbond substituents is 2. The summed E-state index contributed by atoms with van der Waals surface area (Å²) in [6.07, 6.45) is 0. The van der Waals surface area contributed by atoms with Crippen molar-refractivity contribution in [2.24, 2.45) is 5.73 Å². The van der Waals surface area contributed by atoms with Gasteiger partial charge in [0.25, 0.3) is 0 Å². The highest BCUT2D eigenvalue weighted by molar-refractivity contribution is 6.00. The molecule has 0 bridgehead atoms. The van der Waals surface area contributed by atoms with E-state index in [4.69, 9.17) is 11.5 Å². The summed E-state index contributed by atoms with van der Waals surface area (Å²) in [7, 11) is 0. The fraction of sp³-hybridized carbons (Fsp3) is 0. The van der Waals surface area contributed by atoms with E-state index in [0.717, 1.165) is 5.56 Å². The number of primary amides is 1. The first-order chi connectivity index (χ1) is 12.0. The van der Waals surface area contributed by atoms with Gasteiger partial charge in [0, 0.05) is 17.3 Å². The van der Waals surface area contributed by atoms with Gasteiger partial charge in [0.2, 0.25) is 5.91 Å². The summed E-state index contributed by atoms with van der Waals surface area (Å²) >= 11 is 0. The number of phenols is 2. The number of anilines is 3. The number of nitrogen functional groups attached to an aromatic ring is 1. The maximum atomic E-state index is 11.6. The predicted molar refractivity (Wildman–Crippen MR) is 97.9 cm³/mol. The van der Waals surface area contributed by atoms with Crippen molar-refractivity contribution in [2.45, 2.75) is 0 Å². The summed E-state index contributed by atoms with van der Waals surface area (Å²) in [5.74, 6) is -0.557. The lowest BCUT2D eigenvalue weighted by atomic mass is 9.98. The van der Waals surface area contributed by atoms with E-state index in [1.165, 1.54) is 12.1 Å². The number of hydrogen-bond donors (Lipinski definition) is 5. The molecular formula is C19H17N3O3. The van der Waals surface area contributed by atoms with Crippen molar-refractivity contribution in [3.05, 3.63) is 66.2 Å². The van der Waals surface area contributed by atoms with Crippen molar-refractivity contribution in [2.75, 3.05) is 11.1 Å². The van der Waals surface area contributed by atoms with Gasteiger partial charge in [0.05, 0.1) is 11.4 Å². The summed E-state index contributed by atoms with van der Waals surface area (Å²) in [6, 6.07) is 16.6. The first kappa shape index (κ1) is 16.2. The van der Waals surface area contributed by atoms with Crippen LogP contribution >= 0.6 is 0 Å². The molecule has 0 saturated heterocycles. The summed E-state index contributed by atoms with van der Waals surface area (Å²) in [4.78, 5) is 11.6. The first-order valence-corrected chi connectivity index (χ1v) is 7.53. The van der Waals surface area contributed by atoms with Crippen LogP contribution in [0.2, 0.25) is 0 Å². The second-order valence-electron chi connectivity index (χ2n) is 5.54. The van der Waals surface area contributed by atoms with Crippen molar-refractivity contribution >= 4 is 23.0 Å². The van der Waals surface area contributed by atoms with Crippen molar-refractivity contribution in [1.29, 1.82) is 0 Å². The zero-order valence-electron chi connectivity index (χ0n) is 13.2. The summed E-state index contributed by atoms with van der Waals surface area (Å²) in [6.45, 7) is 0. The quantitative estimate of drug-likeness (QED) is 0.370. The van der Waals surface area contributed by atoms with Gasteiger partial charge in [0.1, 0.15) is 11.5 Å². The fourth-order valence-corrected chi connectivity index (χ4v) is 2.53. The van der Waals surface area contributed by atoms with Crippen LogP contribution in [0.5, 0.6) is 11.5 Å². The van der Waals surface area contributed by atoms with Crippen LogP contribution in [0.1, 0.15) is 10.4 Å². The molecule has 3 aromatic rings. The molecule has 126 valence electrons. The Morgan fingerprint density at radius 2 is 1.68 bits per heavy atom. The van der Waals surface area contributed by atoms with Gasteiger partial charge in [0.15, 0.2) is 0 Å². The number of amides is 1. The van der Waals surface area contributed by atoms with Crippen molar-refractivity contribution < 1.29 is 15.0 Å². The molecule has 0 atom stereocenters. The molecule has 7 N–H and O–H groups in total. The molecule has 0 saturated carbocycles. The van der Waals surface area contributed by atoms with E-state index in [9.17, 15) is 15.0 Å². The highest BCUT2D eigenvalue weighted by Gasteiger charge is 2.12. The molecule has 0 heterocycles. The molecule has 0 unspecified atom stereocenters. The Labute approximate surface area is 144 Å². The molecule has 6 nitrogen and oxygen atoms in total. The second kappa shape index (κ2) is 6.45. The van der Waals surface area contributed by atoms with E-state index in [0.29, 0.717) is 22.5 Å². The van der Waals surface area contributed by atoms with E-state index in [1.54, 1.807) is 48.5 Å². The lowest BCUT2D eigenvalue weighted by molar-refractivity contribution is 0.100. The van der Waals surface area contributed by atoms with Gasteiger partial charge in [-0.25, -0.2) is 0 Å². The zero-order valence-corrected chi connectivity index (χ0v) is 13.2. The van der Waals surface area contributed by atoms with Gasteiger partial charge in [-0.2, -0.15) is 0 Å². The Kier molecular flexibility index (Phi) is 4.18. The number of nitrogens with one attached hydrogen (secondary N) is 1. The molecule has 0 aliphatic carbocycles. The molecule has 6 heteroatoms. The van der Waals surface area contributed by atoms with Gasteiger partial charge in [-0.1, -0.05) is 24.3 Å². The van der Waals surface area contributed by atoms with Gasteiger partial charge in [-0.3, -0.25) is 4.79 Å². The molecule has 0 fully saturated rings. The molecular weight excluding hydrogens is 318 g/mol. The minimum atomic E-state index is -0.526. The highest BCUT2D eigenvalue weighted by atomic mass is 16.3. The van der Waals surface area contributed by atoms with Crippen LogP contribution < -0.4 is 16.8 Å². The molecule has 25 heavy (non-hydrogen) atoms. The van der Waals surface area contributed by atoms with Crippen LogP contribution in [0.15, 0.2) is 60.7 Å². The maximum Gasteiger partial charge on any atom is 0.249 e. The minimum absolute atomic E-state index is 0.0246. The Hall–Kier alpha value is -3.67. The summed E-state index contributed by atoms with van der Waals surface area (Å²) in [5.41, 5.74) is 14.0. The third-order valence-electron chi connectivity index (χ3n) is 3.81. The molecule has 3 aromatic carbocycles. The molecule has 3 rings (SSSR count). The predicted octanol–water partition coefficient (Wildman–Crippen LogP) is 3.19. The minimum Gasteiger partial charge on any atom is -0.506 e.